The van der Waals surface area contributed by atoms with Crippen molar-refractivity contribution in [2.75, 3.05) is 11.9 Å². The summed E-state index contributed by atoms with van der Waals surface area (Å²) in [6.07, 6.45) is 2.06. The van der Waals surface area contributed by atoms with Crippen LogP contribution in [0.3, 0.4) is 0 Å². The standard InChI is InChI=1S/C16H20FN3O/c1-5-8-18-16-19-9-13(17)15(20-16)21-14-11(3)7-6-10(2)12(14)4/h6-7,9H,5,8H2,1-4H3,(H,18,19,20). The highest BCUT2D eigenvalue weighted by atomic mass is 19.1. The quantitative estimate of drug-likeness (QED) is 0.898. The number of aromatic nitrogens is 2. The zero-order chi connectivity index (χ0) is 15.4. The molecule has 1 N–H and O–H groups in total. The number of rotatable bonds is 5. The van der Waals surface area contributed by atoms with Crippen LogP contribution in [0.2, 0.25) is 0 Å². The second kappa shape index (κ2) is 6.52. The first kappa shape index (κ1) is 15.2. The number of aryl methyl sites for hydroxylation is 2. The van der Waals surface area contributed by atoms with Gasteiger partial charge in [0.05, 0.1) is 6.20 Å². The van der Waals surface area contributed by atoms with E-state index in [4.69, 9.17) is 4.74 Å². The highest BCUT2D eigenvalue weighted by Crippen LogP contribution is 2.31. The summed E-state index contributed by atoms with van der Waals surface area (Å²) in [5.41, 5.74) is 3.02. The molecule has 2 aromatic rings. The lowest BCUT2D eigenvalue weighted by Gasteiger charge is -2.14. The van der Waals surface area contributed by atoms with Crippen LogP contribution in [0.15, 0.2) is 18.3 Å². The van der Waals surface area contributed by atoms with Crippen LogP contribution >= 0.6 is 0 Å². The average molecular weight is 289 g/mol. The summed E-state index contributed by atoms with van der Waals surface area (Å²) >= 11 is 0. The lowest BCUT2D eigenvalue weighted by Crippen LogP contribution is -2.06. The van der Waals surface area contributed by atoms with Crippen molar-refractivity contribution in [2.24, 2.45) is 0 Å². The van der Waals surface area contributed by atoms with Crippen LogP contribution in [-0.2, 0) is 0 Å². The van der Waals surface area contributed by atoms with E-state index in [0.29, 0.717) is 11.7 Å². The molecule has 1 aromatic heterocycles. The molecular formula is C16H20FN3O. The Balaban J connectivity index is 2.33. The summed E-state index contributed by atoms with van der Waals surface area (Å²) in [6.45, 7) is 8.64. The van der Waals surface area contributed by atoms with Crippen LogP contribution in [0.4, 0.5) is 10.3 Å². The zero-order valence-electron chi connectivity index (χ0n) is 12.8. The summed E-state index contributed by atoms with van der Waals surface area (Å²) in [5, 5.41) is 3.02. The molecule has 5 heteroatoms. The smallest absolute Gasteiger partial charge is 0.260 e. The molecule has 0 radical (unpaired) electrons. The van der Waals surface area contributed by atoms with Gasteiger partial charge < -0.3 is 10.1 Å². The highest BCUT2D eigenvalue weighted by Gasteiger charge is 2.13. The minimum absolute atomic E-state index is 0.0552. The molecule has 0 saturated heterocycles. The van der Waals surface area contributed by atoms with Crippen molar-refractivity contribution in [2.45, 2.75) is 34.1 Å². The molecule has 0 bridgehead atoms. The molecule has 0 aliphatic heterocycles. The first-order chi connectivity index (χ1) is 10.0. The number of ether oxygens (including phenoxy) is 1. The van der Waals surface area contributed by atoms with Crippen LogP contribution in [0, 0.1) is 26.6 Å². The molecule has 0 atom stereocenters. The molecule has 0 saturated carbocycles. The number of nitrogens with zero attached hydrogens (tertiary/aromatic N) is 2. The van der Waals surface area contributed by atoms with Gasteiger partial charge in [0, 0.05) is 6.54 Å². The molecule has 0 fully saturated rings. The molecule has 1 heterocycles. The number of nitrogens with one attached hydrogen (secondary N) is 1. The molecule has 21 heavy (non-hydrogen) atoms. The van der Waals surface area contributed by atoms with Crippen molar-refractivity contribution in [3.63, 3.8) is 0 Å². The van der Waals surface area contributed by atoms with Gasteiger partial charge in [-0.1, -0.05) is 19.1 Å². The second-order valence-electron chi connectivity index (χ2n) is 5.03. The largest absolute Gasteiger partial charge is 0.436 e. The predicted octanol–water partition coefficient (Wildman–Crippen LogP) is 4.16. The Hall–Kier alpha value is -2.17. The van der Waals surface area contributed by atoms with E-state index in [9.17, 15) is 4.39 Å². The maximum absolute atomic E-state index is 13.9. The number of benzene rings is 1. The average Bonchev–Trinajstić information content (AvgIpc) is 2.48. The number of hydrogen-bond donors (Lipinski definition) is 1. The van der Waals surface area contributed by atoms with Crippen LogP contribution in [-0.4, -0.2) is 16.5 Å². The Morgan fingerprint density at radius 2 is 1.90 bits per heavy atom. The summed E-state index contributed by atoms with van der Waals surface area (Å²) in [7, 11) is 0. The SMILES string of the molecule is CCCNc1ncc(F)c(Oc2c(C)ccc(C)c2C)n1. The molecule has 0 aliphatic rings. The predicted molar refractivity (Wildman–Crippen MR) is 81.5 cm³/mol. The van der Waals surface area contributed by atoms with Crippen molar-refractivity contribution in [1.82, 2.24) is 9.97 Å². The highest BCUT2D eigenvalue weighted by molar-refractivity contribution is 5.46. The fourth-order valence-electron chi connectivity index (χ4n) is 1.92. The third-order valence-corrected chi connectivity index (χ3v) is 3.32. The second-order valence-corrected chi connectivity index (χ2v) is 5.03. The molecule has 4 nitrogen and oxygen atoms in total. The van der Waals surface area contributed by atoms with E-state index in [1.54, 1.807) is 0 Å². The lowest BCUT2D eigenvalue weighted by atomic mass is 10.1. The molecule has 2 rings (SSSR count). The van der Waals surface area contributed by atoms with Gasteiger partial charge in [-0.15, -0.1) is 0 Å². The van der Waals surface area contributed by atoms with Crippen LogP contribution in [0.5, 0.6) is 11.6 Å². The van der Waals surface area contributed by atoms with Gasteiger partial charge in [-0.3, -0.25) is 0 Å². The zero-order valence-corrected chi connectivity index (χ0v) is 12.8. The van der Waals surface area contributed by atoms with E-state index in [2.05, 4.69) is 15.3 Å². The van der Waals surface area contributed by atoms with E-state index in [0.717, 1.165) is 35.9 Å². The minimum atomic E-state index is -0.572. The molecule has 0 spiro atoms. The molecule has 112 valence electrons. The first-order valence-electron chi connectivity index (χ1n) is 7.04. The Morgan fingerprint density at radius 1 is 1.19 bits per heavy atom. The Bertz CT molecular complexity index is 644. The van der Waals surface area contributed by atoms with Crippen molar-refractivity contribution >= 4 is 5.95 Å². The first-order valence-corrected chi connectivity index (χ1v) is 7.04. The summed E-state index contributed by atoms with van der Waals surface area (Å²) in [6, 6.07) is 3.97. The third kappa shape index (κ3) is 3.48. The summed E-state index contributed by atoms with van der Waals surface area (Å²) < 4.78 is 19.6. The van der Waals surface area contributed by atoms with Gasteiger partial charge in [0.1, 0.15) is 5.75 Å². The van der Waals surface area contributed by atoms with Gasteiger partial charge >= 0.3 is 0 Å². The normalized spacial score (nSPS) is 10.5. The van der Waals surface area contributed by atoms with Crippen LogP contribution in [0.1, 0.15) is 30.0 Å². The molecule has 0 amide bonds. The van der Waals surface area contributed by atoms with Crippen molar-refractivity contribution < 1.29 is 9.13 Å². The summed E-state index contributed by atoms with van der Waals surface area (Å²) in [4.78, 5) is 8.00. The molecule has 0 aliphatic carbocycles. The number of hydrogen-bond acceptors (Lipinski definition) is 4. The topological polar surface area (TPSA) is 47.0 Å². The van der Waals surface area contributed by atoms with E-state index in [1.807, 2.05) is 39.8 Å². The van der Waals surface area contributed by atoms with E-state index >= 15 is 0 Å². The van der Waals surface area contributed by atoms with Crippen molar-refractivity contribution in [3.05, 3.63) is 40.8 Å². The maximum Gasteiger partial charge on any atom is 0.260 e. The van der Waals surface area contributed by atoms with Gasteiger partial charge in [0.15, 0.2) is 0 Å². The van der Waals surface area contributed by atoms with Gasteiger partial charge in [-0.05, 0) is 43.9 Å². The van der Waals surface area contributed by atoms with Gasteiger partial charge in [-0.2, -0.15) is 9.37 Å². The van der Waals surface area contributed by atoms with Crippen LogP contribution in [0.25, 0.3) is 0 Å². The number of halogens is 1. The van der Waals surface area contributed by atoms with Gasteiger partial charge in [0.25, 0.3) is 5.88 Å². The van der Waals surface area contributed by atoms with Crippen molar-refractivity contribution in [1.29, 1.82) is 0 Å². The minimum Gasteiger partial charge on any atom is -0.436 e. The monoisotopic (exact) mass is 289 g/mol. The van der Waals surface area contributed by atoms with E-state index < -0.39 is 5.82 Å². The van der Waals surface area contributed by atoms with Crippen LogP contribution < -0.4 is 10.1 Å². The van der Waals surface area contributed by atoms with Gasteiger partial charge in [-0.25, -0.2) is 4.98 Å². The number of anilines is 1. The van der Waals surface area contributed by atoms with Gasteiger partial charge in [0.2, 0.25) is 11.8 Å². The third-order valence-electron chi connectivity index (χ3n) is 3.32. The van der Waals surface area contributed by atoms with E-state index in [-0.39, 0.29) is 5.88 Å². The van der Waals surface area contributed by atoms with Crippen molar-refractivity contribution in [3.8, 4) is 11.6 Å². The Morgan fingerprint density at radius 3 is 2.62 bits per heavy atom. The fourth-order valence-corrected chi connectivity index (χ4v) is 1.92. The molecular weight excluding hydrogens is 269 g/mol. The lowest BCUT2D eigenvalue weighted by molar-refractivity contribution is 0.415. The Kier molecular flexibility index (Phi) is 4.73. The fraction of sp³-hybridized carbons (Fsp3) is 0.375. The molecule has 1 aromatic carbocycles. The maximum atomic E-state index is 13.9. The Labute approximate surface area is 124 Å². The van der Waals surface area contributed by atoms with E-state index in [1.165, 1.54) is 0 Å². The summed E-state index contributed by atoms with van der Waals surface area (Å²) in [5.74, 6) is 0.392. The molecule has 0 unspecified atom stereocenters.